The summed E-state index contributed by atoms with van der Waals surface area (Å²) in [5.41, 5.74) is 2.12. The Balaban J connectivity index is 1.90. The molecular weight excluding hydrogens is 188 g/mol. The predicted molar refractivity (Wildman–Crippen MR) is 60.0 cm³/mol. The molecule has 1 N–H and O–H groups in total. The number of anilines is 2. The Morgan fingerprint density at radius 2 is 2.13 bits per heavy atom. The van der Waals surface area contributed by atoms with Crippen molar-refractivity contribution in [3.8, 4) is 0 Å². The second kappa shape index (κ2) is 3.26. The standard InChI is InChI=1S/C12H14N2O/c15-12-8-14(7-9-5-6-9)11-4-2-1-3-10(11)13-12/h1-4,9H,5-8H2,(H,13,15). The molecule has 0 bridgehead atoms. The van der Waals surface area contributed by atoms with Gasteiger partial charge in [0.05, 0.1) is 17.9 Å². The van der Waals surface area contributed by atoms with Gasteiger partial charge in [-0.3, -0.25) is 4.79 Å². The van der Waals surface area contributed by atoms with Gasteiger partial charge < -0.3 is 10.2 Å². The van der Waals surface area contributed by atoms with E-state index in [2.05, 4.69) is 16.3 Å². The number of carbonyl (C=O) groups excluding carboxylic acids is 1. The van der Waals surface area contributed by atoms with Gasteiger partial charge in [-0.15, -0.1) is 0 Å². The van der Waals surface area contributed by atoms with E-state index in [1.54, 1.807) is 0 Å². The van der Waals surface area contributed by atoms with Gasteiger partial charge in [0.2, 0.25) is 5.91 Å². The molecule has 0 atom stereocenters. The highest BCUT2D eigenvalue weighted by atomic mass is 16.2. The van der Waals surface area contributed by atoms with Gasteiger partial charge in [0.15, 0.2) is 0 Å². The summed E-state index contributed by atoms with van der Waals surface area (Å²) in [6.45, 7) is 1.54. The molecule has 1 amide bonds. The summed E-state index contributed by atoms with van der Waals surface area (Å²) in [6.07, 6.45) is 2.64. The highest BCUT2D eigenvalue weighted by Crippen LogP contribution is 2.35. The fourth-order valence-corrected chi connectivity index (χ4v) is 2.08. The molecule has 0 aromatic heterocycles. The van der Waals surface area contributed by atoms with E-state index in [1.165, 1.54) is 18.5 Å². The van der Waals surface area contributed by atoms with E-state index >= 15 is 0 Å². The molecule has 2 aliphatic rings. The third-order valence-electron chi connectivity index (χ3n) is 3.03. The smallest absolute Gasteiger partial charge is 0.243 e. The van der Waals surface area contributed by atoms with Gasteiger partial charge in [-0.1, -0.05) is 12.1 Å². The summed E-state index contributed by atoms with van der Waals surface area (Å²) in [7, 11) is 0. The maximum atomic E-state index is 11.5. The lowest BCUT2D eigenvalue weighted by Crippen LogP contribution is -2.39. The van der Waals surface area contributed by atoms with Crippen molar-refractivity contribution >= 4 is 17.3 Å². The van der Waals surface area contributed by atoms with Gasteiger partial charge in [0.1, 0.15) is 0 Å². The molecule has 1 aliphatic carbocycles. The van der Waals surface area contributed by atoms with Crippen LogP contribution < -0.4 is 10.2 Å². The quantitative estimate of drug-likeness (QED) is 0.793. The van der Waals surface area contributed by atoms with Crippen LogP contribution in [-0.2, 0) is 4.79 Å². The first kappa shape index (κ1) is 8.77. The molecule has 1 aromatic carbocycles. The number of nitrogens with one attached hydrogen (secondary N) is 1. The molecule has 78 valence electrons. The topological polar surface area (TPSA) is 32.3 Å². The first-order chi connectivity index (χ1) is 7.33. The maximum absolute atomic E-state index is 11.5. The van der Waals surface area contributed by atoms with Crippen molar-refractivity contribution in [2.24, 2.45) is 5.92 Å². The van der Waals surface area contributed by atoms with Gasteiger partial charge >= 0.3 is 0 Å². The molecule has 0 unspecified atom stereocenters. The van der Waals surface area contributed by atoms with Gasteiger partial charge in [-0.2, -0.15) is 0 Å². The number of benzene rings is 1. The van der Waals surface area contributed by atoms with Crippen LogP contribution in [0.25, 0.3) is 0 Å². The zero-order valence-electron chi connectivity index (χ0n) is 8.57. The average molecular weight is 202 g/mol. The van der Waals surface area contributed by atoms with E-state index in [4.69, 9.17) is 0 Å². The largest absolute Gasteiger partial charge is 0.360 e. The van der Waals surface area contributed by atoms with Gasteiger partial charge in [-0.25, -0.2) is 0 Å². The fourth-order valence-electron chi connectivity index (χ4n) is 2.08. The van der Waals surface area contributed by atoms with Crippen LogP contribution in [-0.4, -0.2) is 19.0 Å². The monoisotopic (exact) mass is 202 g/mol. The summed E-state index contributed by atoms with van der Waals surface area (Å²) in [6, 6.07) is 8.03. The van der Waals surface area contributed by atoms with E-state index in [9.17, 15) is 4.79 Å². The second-order valence-electron chi connectivity index (χ2n) is 4.39. The minimum Gasteiger partial charge on any atom is -0.360 e. The molecule has 1 fully saturated rings. The predicted octanol–water partition coefficient (Wildman–Crippen LogP) is 1.86. The third kappa shape index (κ3) is 1.69. The molecule has 1 aliphatic heterocycles. The molecule has 1 heterocycles. The van der Waals surface area contributed by atoms with Gasteiger partial charge in [0, 0.05) is 6.54 Å². The maximum Gasteiger partial charge on any atom is 0.243 e. The van der Waals surface area contributed by atoms with Crippen LogP contribution in [0.15, 0.2) is 24.3 Å². The Morgan fingerprint density at radius 1 is 1.33 bits per heavy atom. The number of hydrogen-bond donors (Lipinski definition) is 1. The van der Waals surface area contributed by atoms with Crippen LogP contribution in [0.2, 0.25) is 0 Å². The Morgan fingerprint density at radius 3 is 2.93 bits per heavy atom. The minimum atomic E-state index is 0.106. The van der Waals surface area contributed by atoms with Crippen LogP contribution in [0.3, 0.4) is 0 Å². The van der Waals surface area contributed by atoms with Crippen molar-refractivity contribution in [3.63, 3.8) is 0 Å². The van der Waals surface area contributed by atoms with Crippen LogP contribution in [0, 0.1) is 5.92 Å². The SMILES string of the molecule is O=C1CN(CC2CC2)c2ccccc2N1. The molecule has 3 rings (SSSR count). The normalized spacial score (nSPS) is 19.7. The first-order valence-corrected chi connectivity index (χ1v) is 5.47. The van der Waals surface area contributed by atoms with Crippen molar-refractivity contribution in [3.05, 3.63) is 24.3 Å². The van der Waals surface area contributed by atoms with Crippen LogP contribution in [0.5, 0.6) is 0 Å². The highest BCUT2D eigenvalue weighted by molar-refractivity contribution is 6.01. The minimum absolute atomic E-state index is 0.106. The number of hydrogen-bond acceptors (Lipinski definition) is 2. The molecule has 0 spiro atoms. The third-order valence-corrected chi connectivity index (χ3v) is 3.03. The number of nitrogens with zero attached hydrogens (tertiary/aromatic N) is 1. The van der Waals surface area contributed by atoms with Crippen molar-refractivity contribution < 1.29 is 4.79 Å². The summed E-state index contributed by atoms with van der Waals surface area (Å²) in [5.74, 6) is 0.915. The zero-order valence-corrected chi connectivity index (χ0v) is 8.57. The molecule has 3 nitrogen and oxygen atoms in total. The fraction of sp³-hybridized carbons (Fsp3) is 0.417. The lowest BCUT2D eigenvalue weighted by molar-refractivity contribution is -0.115. The second-order valence-corrected chi connectivity index (χ2v) is 4.39. The van der Waals surface area contributed by atoms with Crippen molar-refractivity contribution in [2.75, 3.05) is 23.3 Å². The highest BCUT2D eigenvalue weighted by Gasteiger charge is 2.28. The van der Waals surface area contributed by atoms with E-state index in [0.717, 1.165) is 18.2 Å². The molecule has 1 saturated carbocycles. The summed E-state index contributed by atoms with van der Waals surface area (Å²) in [5, 5.41) is 2.90. The summed E-state index contributed by atoms with van der Waals surface area (Å²) >= 11 is 0. The number of fused-ring (bicyclic) bond motifs is 1. The van der Waals surface area contributed by atoms with Crippen LogP contribution >= 0.6 is 0 Å². The van der Waals surface area contributed by atoms with Crippen molar-refractivity contribution in [1.29, 1.82) is 0 Å². The Hall–Kier alpha value is -1.51. The zero-order chi connectivity index (χ0) is 10.3. The van der Waals surface area contributed by atoms with Gasteiger partial charge in [0.25, 0.3) is 0 Å². The van der Waals surface area contributed by atoms with Crippen LogP contribution in [0.4, 0.5) is 11.4 Å². The molecule has 0 saturated heterocycles. The Labute approximate surface area is 89.1 Å². The van der Waals surface area contributed by atoms with Gasteiger partial charge in [-0.05, 0) is 30.9 Å². The Kier molecular flexibility index (Phi) is 1.91. The first-order valence-electron chi connectivity index (χ1n) is 5.47. The van der Waals surface area contributed by atoms with Crippen LogP contribution in [0.1, 0.15) is 12.8 Å². The van der Waals surface area contributed by atoms with E-state index in [1.807, 2.05) is 18.2 Å². The molecule has 3 heteroatoms. The molecule has 15 heavy (non-hydrogen) atoms. The Bertz CT molecular complexity index is 398. The molecule has 1 aromatic rings. The number of rotatable bonds is 2. The van der Waals surface area contributed by atoms with Crippen molar-refractivity contribution in [2.45, 2.75) is 12.8 Å². The average Bonchev–Trinajstić information content (AvgIpc) is 3.01. The lowest BCUT2D eigenvalue weighted by Gasteiger charge is -2.30. The van der Waals surface area contributed by atoms with E-state index in [0.29, 0.717) is 6.54 Å². The number of para-hydroxylation sites is 2. The van der Waals surface area contributed by atoms with E-state index in [-0.39, 0.29) is 5.91 Å². The number of carbonyl (C=O) groups is 1. The molecule has 0 radical (unpaired) electrons. The summed E-state index contributed by atoms with van der Waals surface area (Å²) < 4.78 is 0. The summed E-state index contributed by atoms with van der Waals surface area (Å²) in [4.78, 5) is 13.7. The van der Waals surface area contributed by atoms with E-state index < -0.39 is 0 Å². The molecular formula is C12H14N2O. The number of amides is 1. The van der Waals surface area contributed by atoms with Crippen molar-refractivity contribution in [1.82, 2.24) is 0 Å². The lowest BCUT2D eigenvalue weighted by atomic mass is 10.2.